The van der Waals surface area contributed by atoms with Crippen molar-refractivity contribution in [2.75, 3.05) is 0 Å². The van der Waals surface area contributed by atoms with E-state index in [1.54, 1.807) is 19.1 Å². The zero-order chi connectivity index (χ0) is 28.3. The first-order valence-corrected chi connectivity index (χ1v) is 13.1. The molecule has 0 saturated heterocycles. The predicted molar refractivity (Wildman–Crippen MR) is 149 cm³/mol. The van der Waals surface area contributed by atoms with Gasteiger partial charge in [0.2, 0.25) is 5.60 Å². The highest BCUT2D eigenvalue weighted by atomic mass is 16.5. The van der Waals surface area contributed by atoms with E-state index in [1.807, 2.05) is 85.8 Å². The minimum absolute atomic E-state index is 0.00341. The number of carbonyl (C=O) groups is 3. The molecule has 5 N–H and O–H groups in total. The van der Waals surface area contributed by atoms with Gasteiger partial charge in [0.05, 0.1) is 12.1 Å². The number of aliphatic hydroxyl groups is 1. The van der Waals surface area contributed by atoms with Gasteiger partial charge in [0.15, 0.2) is 5.78 Å². The number of carbonyl (C=O) groups excluding carboxylic acids is 3. The molecule has 8 nitrogen and oxygen atoms in total. The van der Waals surface area contributed by atoms with Crippen LogP contribution >= 0.6 is 0 Å². The molecule has 2 amide bonds. The van der Waals surface area contributed by atoms with Gasteiger partial charge in [-0.05, 0) is 29.0 Å². The third kappa shape index (κ3) is 7.99. The van der Waals surface area contributed by atoms with Crippen LogP contribution in [0, 0.1) is 5.92 Å². The second-order valence-corrected chi connectivity index (χ2v) is 9.66. The molecule has 0 spiro atoms. The minimum Gasteiger partial charge on any atom is -0.445 e. The molecule has 3 aromatic rings. The largest absolute Gasteiger partial charge is 0.445 e. The van der Waals surface area contributed by atoms with Gasteiger partial charge in [0.1, 0.15) is 6.61 Å². The van der Waals surface area contributed by atoms with Gasteiger partial charge in [0.25, 0.3) is 5.91 Å². The second-order valence-electron chi connectivity index (χ2n) is 9.66. The second kappa shape index (κ2) is 14.2. The summed E-state index contributed by atoms with van der Waals surface area (Å²) in [5.41, 5.74) is 6.13. The first-order valence-electron chi connectivity index (χ1n) is 13.1. The average molecular weight is 532 g/mol. The number of amides is 2. The van der Waals surface area contributed by atoms with Crippen LogP contribution < -0.4 is 16.4 Å². The number of hydrogen-bond acceptors (Lipinski definition) is 6. The molecule has 0 unspecified atom stereocenters. The molecule has 0 bridgehead atoms. The Bertz CT molecular complexity index is 1210. The van der Waals surface area contributed by atoms with Crippen LogP contribution in [0.1, 0.15) is 37.0 Å². The molecule has 0 aliphatic heterocycles. The first-order chi connectivity index (χ1) is 18.8. The summed E-state index contributed by atoms with van der Waals surface area (Å²) in [6.45, 7) is 3.70. The molecule has 0 aliphatic rings. The highest BCUT2D eigenvalue weighted by molar-refractivity contribution is 6.12. The Morgan fingerprint density at radius 3 is 1.92 bits per heavy atom. The van der Waals surface area contributed by atoms with Crippen LogP contribution in [0.15, 0.2) is 91.0 Å². The molecule has 0 radical (unpaired) electrons. The molecule has 3 rings (SSSR count). The Morgan fingerprint density at radius 2 is 1.38 bits per heavy atom. The van der Waals surface area contributed by atoms with Crippen molar-refractivity contribution in [3.05, 3.63) is 108 Å². The molecule has 39 heavy (non-hydrogen) atoms. The number of Topliss-reactive ketones (excluding diaryl/α,β-unsaturated/α-hetero) is 1. The van der Waals surface area contributed by atoms with Crippen molar-refractivity contribution in [2.24, 2.45) is 11.7 Å². The van der Waals surface area contributed by atoms with Gasteiger partial charge < -0.3 is 26.2 Å². The summed E-state index contributed by atoms with van der Waals surface area (Å²) >= 11 is 0. The maximum atomic E-state index is 14.0. The summed E-state index contributed by atoms with van der Waals surface area (Å²) in [6.07, 6.45) is -0.278. The topological polar surface area (TPSA) is 131 Å². The van der Waals surface area contributed by atoms with E-state index in [9.17, 15) is 19.5 Å². The summed E-state index contributed by atoms with van der Waals surface area (Å²) in [5, 5.41) is 17.1. The molecule has 0 aromatic heterocycles. The quantitative estimate of drug-likeness (QED) is 0.250. The third-order valence-electron chi connectivity index (χ3n) is 6.83. The molecule has 4 atom stereocenters. The summed E-state index contributed by atoms with van der Waals surface area (Å²) < 4.78 is 5.32. The zero-order valence-electron chi connectivity index (χ0n) is 22.4. The Labute approximate surface area is 229 Å². The van der Waals surface area contributed by atoms with Gasteiger partial charge in [-0.3, -0.25) is 9.59 Å². The molecular formula is C31H37N3O5. The monoisotopic (exact) mass is 531 g/mol. The SMILES string of the molecule is CC[C@H](C)[C@H](NC(=O)OCc1ccccc1)C(=O)[C@@](O)(C(=O)NCc1ccccc1)[C@@H](N)Cc1ccccc1. The smallest absolute Gasteiger partial charge is 0.408 e. The lowest BCUT2D eigenvalue weighted by Crippen LogP contribution is -2.68. The Hall–Kier alpha value is -4.01. The van der Waals surface area contributed by atoms with Gasteiger partial charge in [-0.1, -0.05) is 111 Å². The summed E-state index contributed by atoms with van der Waals surface area (Å²) in [4.78, 5) is 40.2. The Morgan fingerprint density at radius 1 is 0.872 bits per heavy atom. The van der Waals surface area contributed by atoms with Crippen molar-refractivity contribution in [3.63, 3.8) is 0 Å². The van der Waals surface area contributed by atoms with E-state index in [1.165, 1.54) is 0 Å². The van der Waals surface area contributed by atoms with Crippen LogP contribution in [0.3, 0.4) is 0 Å². The van der Waals surface area contributed by atoms with E-state index in [2.05, 4.69) is 10.6 Å². The normalized spacial score (nSPS) is 14.8. The molecule has 206 valence electrons. The zero-order valence-corrected chi connectivity index (χ0v) is 22.4. The summed E-state index contributed by atoms with van der Waals surface area (Å²) in [6, 6.07) is 24.8. The lowest BCUT2D eigenvalue weighted by molar-refractivity contribution is -0.157. The fourth-order valence-corrected chi connectivity index (χ4v) is 4.22. The lowest BCUT2D eigenvalue weighted by Gasteiger charge is -2.36. The number of ketones is 1. The van der Waals surface area contributed by atoms with E-state index in [0.717, 1.165) is 16.7 Å². The van der Waals surface area contributed by atoms with Crippen LogP contribution in [-0.2, 0) is 33.9 Å². The van der Waals surface area contributed by atoms with Crippen LogP contribution in [0.5, 0.6) is 0 Å². The standard InChI is InChI=1S/C31H37N3O5/c1-3-22(2)27(34-30(37)39-21-25-17-11-6-12-18-25)28(35)31(38,26(32)19-23-13-7-4-8-14-23)29(36)33-20-24-15-9-5-10-16-24/h4-18,22,26-27,38H,3,19-21,32H2,1-2H3,(H,33,36)(H,34,37)/t22-,26-,27-,31+/m0/s1. The van der Waals surface area contributed by atoms with Gasteiger partial charge in [-0.25, -0.2) is 4.79 Å². The molecule has 8 heteroatoms. The van der Waals surface area contributed by atoms with Crippen molar-refractivity contribution < 1.29 is 24.2 Å². The van der Waals surface area contributed by atoms with Gasteiger partial charge in [-0.15, -0.1) is 0 Å². The van der Waals surface area contributed by atoms with E-state index >= 15 is 0 Å². The van der Waals surface area contributed by atoms with Crippen molar-refractivity contribution in [1.29, 1.82) is 0 Å². The number of nitrogens with one attached hydrogen (secondary N) is 2. The number of hydrogen-bond donors (Lipinski definition) is 4. The fraction of sp³-hybridized carbons (Fsp3) is 0.323. The number of alkyl carbamates (subject to hydrolysis) is 1. The van der Waals surface area contributed by atoms with E-state index in [4.69, 9.17) is 10.5 Å². The van der Waals surface area contributed by atoms with Crippen LogP contribution in [0.4, 0.5) is 4.79 Å². The van der Waals surface area contributed by atoms with E-state index < -0.39 is 41.4 Å². The molecule has 0 saturated carbocycles. The van der Waals surface area contributed by atoms with Crippen molar-refractivity contribution in [2.45, 2.75) is 57.5 Å². The number of ether oxygens (including phenoxy) is 1. The molecule has 0 aliphatic carbocycles. The van der Waals surface area contributed by atoms with Gasteiger partial charge >= 0.3 is 6.09 Å². The van der Waals surface area contributed by atoms with E-state index in [0.29, 0.717) is 6.42 Å². The Balaban J connectivity index is 1.85. The van der Waals surface area contributed by atoms with Crippen LogP contribution in [0.2, 0.25) is 0 Å². The maximum Gasteiger partial charge on any atom is 0.408 e. The minimum atomic E-state index is -2.62. The number of benzene rings is 3. The van der Waals surface area contributed by atoms with Gasteiger partial charge in [-0.2, -0.15) is 0 Å². The van der Waals surface area contributed by atoms with Crippen LogP contribution in [-0.4, -0.2) is 40.6 Å². The van der Waals surface area contributed by atoms with Crippen molar-refractivity contribution in [3.8, 4) is 0 Å². The number of nitrogens with two attached hydrogens (primary N) is 1. The third-order valence-corrected chi connectivity index (χ3v) is 6.83. The van der Waals surface area contributed by atoms with E-state index in [-0.39, 0.29) is 19.6 Å². The highest BCUT2D eigenvalue weighted by Crippen LogP contribution is 2.23. The predicted octanol–water partition coefficient (Wildman–Crippen LogP) is 3.51. The average Bonchev–Trinajstić information content (AvgIpc) is 2.97. The first kappa shape index (κ1) is 29.5. The fourth-order valence-electron chi connectivity index (χ4n) is 4.22. The molecule has 3 aromatic carbocycles. The molecule has 0 fully saturated rings. The Kier molecular flexibility index (Phi) is 10.8. The lowest BCUT2D eigenvalue weighted by atomic mass is 9.78. The highest BCUT2D eigenvalue weighted by Gasteiger charge is 2.52. The van der Waals surface area contributed by atoms with Crippen molar-refractivity contribution in [1.82, 2.24) is 10.6 Å². The molecule has 0 heterocycles. The number of rotatable bonds is 13. The maximum absolute atomic E-state index is 14.0. The van der Waals surface area contributed by atoms with Crippen molar-refractivity contribution >= 4 is 17.8 Å². The molecular weight excluding hydrogens is 494 g/mol. The van der Waals surface area contributed by atoms with Gasteiger partial charge in [0, 0.05) is 6.54 Å². The summed E-state index contributed by atoms with van der Waals surface area (Å²) in [7, 11) is 0. The van der Waals surface area contributed by atoms with Crippen LogP contribution in [0.25, 0.3) is 0 Å². The summed E-state index contributed by atoms with van der Waals surface area (Å²) in [5.74, 6) is -2.23.